The molecule has 0 unspecified atom stereocenters. The zero-order valence-electron chi connectivity index (χ0n) is 16.9. The number of nitrogens with zero attached hydrogens (tertiary/aromatic N) is 2. The largest absolute Gasteiger partial charge is 0.477 e. The first-order chi connectivity index (χ1) is 12.7. The summed E-state index contributed by atoms with van der Waals surface area (Å²) in [7, 11) is 0. The minimum absolute atomic E-state index is 0.131. The van der Waals surface area contributed by atoms with E-state index in [1.165, 1.54) is 0 Å². The van der Waals surface area contributed by atoms with E-state index in [-0.39, 0.29) is 18.2 Å². The van der Waals surface area contributed by atoms with E-state index in [0.29, 0.717) is 18.1 Å². The third kappa shape index (κ3) is 6.31. The van der Waals surface area contributed by atoms with Gasteiger partial charge in [0.15, 0.2) is 0 Å². The van der Waals surface area contributed by atoms with E-state index in [4.69, 9.17) is 9.47 Å². The van der Waals surface area contributed by atoms with Crippen molar-refractivity contribution in [3.05, 3.63) is 17.2 Å². The molecule has 1 saturated carbocycles. The van der Waals surface area contributed by atoms with Gasteiger partial charge in [-0.3, -0.25) is 0 Å². The lowest BCUT2D eigenvalue weighted by Crippen LogP contribution is -2.42. The Hall–Kier alpha value is -2.49. The monoisotopic (exact) mass is 374 g/mol. The van der Waals surface area contributed by atoms with Gasteiger partial charge in [-0.25, -0.2) is 4.79 Å². The number of nitriles is 1. The van der Waals surface area contributed by atoms with Crippen LogP contribution in [0.3, 0.4) is 0 Å². The molecule has 148 valence electrons. The van der Waals surface area contributed by atoms with Gasteiger partial charge >= 0.3 is 6.09 Å². The lowest BCUT2D eigenvalue weighted by Gasteiger charge is -2.31. The fourth-order valence-electron chi connectivity index (χ4n) is 3.12. The standard InChI is InChI=1S/C20H30N4O3/c1-6-26-18-14(12-21)11-13(2)17(24-18)22-15-7-9-16(10-8-15)23-19(25)27-20(3,4)5/h11,15-16H,6-10H2,1-5H3,(H,22,24)(H,23,25). The highest BCUT2D eigenvalue weighted by Gasteiger charge is 2.25. The Labute approximate surface area is 161 Å². The van der Waals surface area contributed by atoms with E-state index in [9.17, 15) is 10.1 Å². The average Bonchev–Trinajstić information content (AvgIpc) is 2.57. The SMILES string of the molecule is CCOc1nc(NC2CCC(NC(=O)OC(C)(C)C)CC2)c(C)cc1C#N. The second kappa shape index (κ2) is 8.94. The molecule has 2 rings (SSSR count). The molecule has 1 aliphatic rings. The van der Waals surface area contributed by atoms with Crippen molar-refractivity contribution in [3.63, 3.8) is 0 Å². The Kier molecular flexibility index (Phi) is 6.89. The van der Waals surface area contributed by atoms with E-state index < -0.39 is 5.60 Å². The maximum absolute atomic E-state index is 11.9. The van der Waals surface area contributed by atoms with Crippen LogP contribution in [0.1, 0.15) is 64.5 Å². The van der Waals surface area contributed by atoms with E-state index >= 15 is 0 Å². The van der Waals surface area contributed by atoms with Gasteiger partial charge in [0, 0.05) is 12.1 Å². The molecule has 27 heavy (non-hydrogen) atoms. The highest BCUT2D eigenvalue weighted by molar-refractivity contribution is 5.68. The second-order valence-corrected chi connectivity index (χ2v) is 7.89. The number of amides is 1. The van der Waals surface area contributed by atoms with Crippen LogP contribution < -0.4 is 15.4 Å². The minimum Gasteiger partial charge on any atom is -0.477 e. The van der Waals surface area contributed by atoms with E-state index in [2.05, 4.69) is 21.7 Å². The van der Waals surface area contributed by atoms with Crippen LogP contribution in [-0.2, 0) is 4.74 Å². The van der Waals surface area contributed by atoms with E-state index in [0.717, 1.165) is 37.1 Å². The lowest BCUT2D eigenvalue weighted by atomic mass is 9.91. The highest BCUT2D eigenvalue weighted by atomic mass is 16.6. The smallest absolute Gasteiger partial charge is 0.407 e. The third-order valence-electron chi connectivity index (χ3n) is 4.37. The van der Waals surface area contributed by atoms with Gasteiger partial charge in [0.25, 0.3) is 0 Å². The first kappa shape index (κ1) is 20.8. The van der Waals surface area contributed by atoms with Crippen molar-refractivity contribution in [1.29, 1.82) is 5.26 Å². The average molecular weight is 374 g/mol. The topological polar surface area (TPSA) is 96.3 Å². The Balaban J connectivity index is 1.91. The van der Waals surface area contributed by atoms with Crippen LogP contribution in [0.25, 0.3) is 0 Å². The van der Waals surface area contributed by atoms with Gasteiger partial charge in [-0.2, -0.15) is 10.2 Å². The molecule has 1 aliphatic carbocycles. The number of aromatic nitrogens is 1. The number of rotatable bonds is 5. The molecule has 0 atom stereocenters. The molecule has 7 heteroatoms. The lowest BCUT2D eigenvalue weighted by molar-refractivity contribution is 0.0492. The van der Waals surface area contributed by atoms with Crippen LogP contribution in [0, 0.1) is 18.3 Å². The van der Waals surface area contributed by atoms with Crippen molar-refractivity contribution in [2.75, 3.05) is 11.9 Å². The van der Waals surface area contributed by atoms with Gasteiger partial charge < -0.3 is 20.1 Å². The van der Waals surface area contributed by atoms with Gasteiger partial charge in [-0.15, -0.1) is 0 Å². The van der Waals surface area contributed by atoms with Gasteiger partial charge in [0.2, 0.25) is 5.88 Å². The zero-order valence-corrected chi connectivity index (χ0v) is 16.9. The molecule has 0 spiro atoms. The molecule has 0 bridgehead atoms. The highest BCUT2D eigenvalue weighted by Crippen LogP contribution is 2.26. The van der Waals surface area contributed by atoms with E-state index in [1.54, 1.807) is 6.07 Å². The van der Waals surface area contributed by atoms with Crippen molar-refractivity contribution >= 4 is 11.9 Å². The molecular formula is C20H30N4O3. The summed E-state index contributed by atoms with van der Waals surface area (Å²) in [6.07, 6.45) is 3.25. The van der Waals surface area contributed by atoms with Gasteiger partial charge in [0.1, 0.15) is 23.1 Å². The summed E-state index contributed by atoms with van der Waals surface area (Å²) in [6, 6.07) is 4.33. The first-order valence-corrected chi connectivity index (χ1v) is 9.52. The molecular weight excluding hydrogens is 344 g/mol. The maximum atomic E-state index is 11.9. The number of pyridine rings is 1. The number of carbonyl (C=O) groups excluding carboxylic acids is 1. The van der Waals surface area contributed by atoms with Crippen molar-refractivity contribution in [2.45, 2.75) is 78.0 Å². The molecule has 0 aliphatic heterocycles. The predicted octanol–water partition coefficient (Wildman–Crippen LogP) is 3.91. The summed E-state index contributed by atoms with van der Waals surface area (Å²) in [6.45, 7) is 9.84. The Morgan fingerprint density at radius 1 is 1.30 bits per heavy atom. The molecule has 1 amide bonds. The normalized spacial score (nSPS) is 19.7. The van der Waals surface area contributed by atoms with Gasteiger partial charge in [-0.05, 0) is 71.9 Å². The van der Waals surface area contributed by atoms with Crippen molar-refractivity contribution in [3.8, 4) is 11.9 Å². The van der Waals surface area contributed by atoms with Crippen LogP contribution >= 0.6 is 0 Å². The molecule has 1 fully saturated rings. The zero-order chi connectivity index (χ0) is 20.0. The van der Waals surface area contributed by atoms with Crippen molar-refractivity contribution in [1.82, 2.24) is 10.3 Å². The molecule has 0 radical (unpaired) electrons. The minimum atomic E-state index is -0.486. The Morgan fingerprint density at radius 2 is 1.93 bits per heavy atom. The van der Waals surface area contributed by atoms with Crippen LogP contribution in [0.15, 0.2) is 6.07 Å². The molecule has 1 aromatic rings. The fraction of sp³-hybridized carbons (Fsp3) is 0.650. The predicted molar refractivity (Wildman–Crippen MR) is 104 cm³/mol. The summed E-state index contributed by atoms with van der Waals surface area (Å²) < 4.78 is 10.8. The summed E-state index contributed by atoms with van der Waals surface area (Å²) in [5.41, 5.74) is 0.883. The number of alkyl carbamates (subject to hydrolysis) is 1. The Morgan fingerprint density at radius 3 is 2.48 bits per heavy atom. The first-order valence-electron chi connectivity index (χ1n) is 9.52. The number of nitrogens with one attached hydrogen (secondary N) is 2. The summed E-state index contributed by atoms with van der Waals surface area (Å²) in [5, 5.41) is 15.6. The third-order valence-corrected chi connectivity index (χ3v) is 4.37. The molecule has 7 nitrogen and oxygen atoms in total. The molecule has 1 aromatic heterocycles. The fourth-order valence-corrected chi connectivity index (χ4v) is 3.12. The van der Waals surface area contributed by atoms with Crippen LogP contribution in [0.5, 0.6) is 5.88 Å². The van der Waals surface area contributed by atoms with Gasteiger partial charge in [0.05, 0.1) is 6.61 Å². The second-order valence-electron chi connectivity index (χ2n) is 7.89. The number of anilines is 1. The van der Waals surface area contributed by atoms with Gasteiger partial charge in [-0.1, -0.05) is 0 Å². The molecule has 2 N–H and O–H groups in total. The molecule has 0 saturated heterocycles. The quantitative estimate of drug-likeness (QED) is 0.811. The Bertz CT molecular complexity index is 698. The number of carbonyl (C=O) groups is 1. The van der Waals surface area contributed by atoms with E-state index in [1.807, 2.05) is 34.6 Å². The number of hydrogen-bond acceptors (Lipinski definition) is 6. The number of hydrogen-bond donors (Lipinski definition) is 2. The summed E-state index contributed by atoms with van der Waals surface area (Å²) in [4.78, 5) is 16.4. The van der Waals surface area contributed by atoms with Crippen LogP contribution in [0.4, 0.5) is 10.6 Å². The number of ether oxygens (including phenoxy) is 2. The number of aryl methyl sites for hydroxylation is 1. The summed E-state index contributed by atoms with van der Waals surface area (Å²) in [5.74, 6) is 1.12. The molecule has 1 heterocycles. The van der Waals surface area contributed by atoms with Crippen LogP contribution in [0.2, 0.25) is 0 Å². The molecule has 0 aromatic carbocycles. The van der Waals surface area contributed by atoms with Crippen LogP contribution in [-0.4, -0.2) is 35.4 Å². The maximum Gasteiger partial charge on any atom is 0.407 e. The summed E-state index contributed by atoms with van der Waals surface area (Å²) >= 11 is 0. The van der Waals surface area contributed by atoms with Crippen molar-refractivity contribution in [2.24, 2.45) is 0 Å². The van der Waals surface area contributed by atoms with Crippen molar-refractivity contribution < 1.29 is 14.3 Å².